The molecule has 0 atom stereocenters. The van der Waals surface area contributed by atoms with Crippen LogP contribution in [0.25, 0.3) is 0 Å². The molecule has 0 unspecified atom stereocenters. The first-order valence-electron chi connectivity index (χ1n) is 13.3. The Kier molecular flexibility index (Phi) is 7.56. The molecule has 1 nitrogen and oxygen atoms in total. The van der Waals surface area contributed by atoms with Gasteiger partial charge < -0.3 is 4.98 Å². The minimum absolute atomic E-state index is 0.404. The Morgan fingerprint density at radius 1 is 0.528 bits per heavy atom. The maximum Gasteiger partial charge on any atom is 0.144 e. The first-order chi connectivity index (χ1) is 17.1. The highest BCUT2D eigenvalue weighted by atomic mass is 28.3. The molecule has 0 aliphatic rings. The number of rotatable bonds is 8. The number of benzene rings is 4. The Bertz CT molecular complexity index is 1140. The summed E-state index contributed by atoms with van der Waals surface area (Å²) >= 11 is 0. The van der Waals surface area contributed by atoms with Crippen LogP contribution in [0.1, 0.15) is 72.9 Å². The zero-order valence-corrected chi connectivity index (χ0v) is 24.0. The maximum atomic E-state index is 4.02. The van der Waals surface area contributed by atoms with Crippen LogP contribution in [0, 0.1) is 0 Å². The predicted octanol–water partition coefficient (Wildman–Crippen LogP) is 9.56. The lowest BCUT2D eigenvalue weighted by Gasteiger charge is -2.39. The molecule has 0 bridgehead atoms. The van der Waals surface area contributed by atoms with Crippen LogP contribution >= 0.6 is 0 Å². The predicted molar refractivity (Wildman–Crippen MR) is 160 cm³/mol. The van der Waals surface area contributed by atoms with E-state index in [1.165, 1.54) is 39.1 Å². The SMILES string of the molecule is CC(C)c1cc(C(c2ccccc2)(c2ccccc2)c2ccccc2)cc(C(C)C)c1N[Si](C)(C)C. The molecule has 0 aliphatic carbocycles. The molecule has 186 valence electrons. The number of hydrogen-bond donors (Lipinski definition) is 1. The van der Waals surface area contributed by atoms with Crippen LogP contribution in [0.3, 0.4) is 0 Å². The second kappa shape index (κ2) is 10.5. The third-order valence-electron chi connectivity index (χ3n) is 7.00. The standard InChI is InChI=1S/C34H41NSi/c1-25(2)31-23-30(24-32(26(3)4)33(31)35-36(5,6)7)34(27-17-11-8-12-18-27,28-19-13-9-14-20-28)29-21-15-10-16-22-29/h8-26,35H,1-7H3. The summed E-state index contributed by atoms with van der Waals surface area (Å²) in [6, 6.07) is 38.1. The van der Waals surface area contributed by atoms with Crippen molar-refractivity contribution in [1.29, 1.82) is 0 Å². The molecule has 0 saturated carbocycles. The van der Waals surface area contributed by atoms with Crippen LogP contribution in [-0.2, 0) is 5.41 Å². The Labute approximate surface area is 219 Å². The molecule has 2 heteroatoms. The van der Waals surface area contributed by atoms with E-state index in [4.69, 9.17) is 0 Å². The molecule has 0 amide bonds. The first kappa shape index (κ1) is 26.0. The van der Waals surface area contributed by atoms with Crippen molar-refractivity contribution in [1.82, 2.24) is 0 Å². The molecule has 0 heterocycles. The van der Waals surface area contributed by atoms with Crippen molar-refractivity contribution in [3.05, 3.63) is 137 Å². The topological polar surface area (TPSA) is 12.0 Å². The zero-order valence-electron chi connectivity index (χ0n) is 23.0. The molecule has 36 heavy (non-hydrogen) atoms. The molecule has 0 aromatic heterocycles. The summed E-state index contributed by atoms with van der Waals surface area (Å²) in [5, 5.41) is 0. The van der Waals surface area contributed by atoms with E-state index in [0.717, 1.165) is 0 Å². The fourth-order valence-electron chi connectivity index (χ4n) is 5.40. The van der Waals surface area contributed by atoms with Crippen LogP contribution in [0.2, 0.25) is 19.6 Å². The van der Waals surface area contributed by atoms with Gasteiger partial charge in [-0.2, -0.15) is 0 Å². The second-order valence-electron chi connectivity index (χ2n) is 11.6. The highest BCUT2D eigenvalue weighted by Gasteiger charge is 2.39. The number of anilines is 1. The van der Waals surface area contributed by atoms with Gasteiger partial charge in [0.25, 0.3) is 0 Å². The molecule has 4 aromatic rings. The average molecular weight is 492 g/mol. The maximum absolute atomic E-state index is 4.02. The van der Waals surface area contributed by atoms with Gasteiger partial charge in [0.15, 0.2) is 0 Å². The molecule has 0 spiro atoms. The van der Waals surface area contributed by atoms with Gasteiger partial charge in [-0.05, 0) is 45.2 Å². The summed E-state index contributed by atoms with van der Waals surface area (Å²) in [5.41, 5.74) is 8.95. The third-order valence-corrected chi connectivity index (χ3v) is 8.00. The lowest BCUT2D eigenvalue weighted by molar-refractivity contribution is 0.732. The average Bonchev–Trinajstić information content (AvgIpc) is 2.86. The molecule has 1 N–H and O–H groups in total. The van der Waals surface area contributed by atoms with E-state index in [9.17, 15) is 0 Å². The minimum Gasteiger partial charge on any atom is -0.410 e. The zero-order chi connectivity index (χ0) is 25.9. The largest absolute Gasteiger partial charge is 0.410 e. The van der Waals surface area contributed by atoms with Crippen molar-refractivity contribution < 1.29 is 0 Å². The molecular weight excluding hydrogens is 450 g/mol. The van der Waals surface area contributed by atoms with Crippen LogP contribution in [-0.4, -0.2) is 8.24 Å². The van der Waals surface area contributed by atoms with Crippen molar-refractivity contribution >= 4 is 13.9 Å². The van der Waals surface area contributed by atoms with E-state index in [0.29, 0.717) is 11.8 Å². The molecule has 4 aromatic carbocycles. The van der Waals surface area contributed by atoms with Crippen molar-refractivity contribution in [3.63, 3.8) is 0 Å². The van der Waals surface area contributed by atoms with Gasteiger partial charge in [0.05, 0.1) is 5.41 Å². The normalized spacial score (nSPS) is 12.2. The van der Waals surface area contributed by atoms with Gasteiger partial charge >= 0.3 is 0 Å². The summed E-state index contributed by atoms with van der Waals surface area (Å²) in [7, 11) is -1.56. The molecular formula is C34H41NSi. The third kappa shape index (κ3) is 5.06. The van der Waals surface area contributed by atoms with Gasteiger partial charge in [-0.1, -0.05) is 150 Å². The lowest BCUT2D eigenvalue weighted by atomic mass is 9.64. The first-order valence-corrected chi connectivity index (χ1v) is 16.8. The van der Waals surface area contributed by atoms with Crippen LogP contribution in [0.5, 0.6) is 0 Å². The van der Waals surface area contributed by atoms with E-state index in [-0.39, 0.29) is 0 Å². The van der Waals surface area contributed by atoms with Gasteiger partial charge in [0.1, 0.15) is 8.24 Å². The molecule has 4 rings (SSSR count). The van der Waals surface area contributed by atoms with Crippen molar-refractivity contribution in [3.8, 4) is 0 Å². The van der Waals surface area contributed by atoms with Gasteiger partial charge in [0, 0.05) is 5.69 Å². The van der Waals surface area contributed by atoms with E-state index >= 15 is 0 Å². The minimum atomic E-state index is -1.56. The van der Waals surface area contributed by atoms with Gasteiger partial charge in [-0.25, -0.2) is 0 Å². The van der Waals surface area contributed by atoms with Crippen molar-refractivity contribution in [2.45, 2.75) is 64.6 Å². The second-order valence-corrected chi connectivity index (χ2v) is 16.3. The summed E-state index contributed by atoms with van der Waals surface area (Å²) in [6.45, 7) is 16.5. The monoisotopic (exact) mass is 491 g/mol. The Balaban J connectivity index is 2.17. The highest BCUT2D eigenvalue weighted by Crippen LogP contribution is 2.48. The molecule has 0 saturated heterocycles. The fraction of sp³-hybridized carbons (Fsp3) is 0.294. The van der Waals surface area contributed by atoms with Gasteiger partial charge in [-0.3, -0.25) is 0 Å². The van der Waals surface area contributed by atoms with E-state index in [1.54, 1.807) is 0 Å². The van der Waals surface area contributed by atoms with Gasteiger partial charge in [0.2, 0.25) is 0 Å². The smallest absolute Gasteiger partial charge is 0.144 e. The van der Waals surface area contributed by atoms with Crippen LogP contribution in [0.4, 0.5) is 5.69 Å². The summed E-state index contributed by atoms with van der Waals surface area (Å²) in [4.78, 5) is 4.02. The molecule has 0 radical (unpaired) electrons. The Hall–Kier alpha value is -3.10. The van der Waals surface area contributed by atoms with Crippen LogP contribution < -0.4 is 4.98 Å². The molecule has 0 aliphatic heterocycles. The van der Waals surface area contributed by atoms with Crippen molar-refractivity contribution in [2.24, 2.45) is 0 Å². The highest BCUT2D eigenvalue weighted by molar-refractivity contribution is 6.79. The fourth-order valence-corrected chi connectivity index (χ4v) is 6.44. The Morgan fingerprint density at radius 2 is 0.861 bits per heavy atom. The summed E-state index contributed by atoms with van der Waals surface area (Å²) in [5.74, 6) is 0.808. The molecule has 0 fully saturated rings. The van der Waals surface area contributed by atoms with Crippen LogP contribution in [0.15, 0.2) is 103 Å². The summed E-state index contributed by atoms with van der Waals surface area (Å²) < 4.78 is 0. The Morgan fingerprint density at radius 3 is 1.14 bits per heavy atom. The number of nitrogens with one attached hydrogen (secondary N) is 1. The van der Waals surface area contributed by atoms with E-state index in [2.05, 4.69) is 155 Å². The quantitative estimate of drug-likeness (QED) is 0.191. The summed E-state index contributed by atoms with van der Waals surface area (Å²) in [6.07, 6.45) is 0. The van der Waals surface area contributed by atoms with Crippen molar-refractivity contribution in [2.75, 3.05) is 4.98 Å². The van der Waals surface area contributed by atoms with Gasteiger partial charge in [-0.15, -0.1) is 0 Å². The number of hydrogen-bond acceptors (Lipinski definition) is 1. The lowest BCUT2D eigenvalue weighted by Crippen LogP contribution is -2.35. The van der Waals surface area contributed by atoms with E-state index < -0.39 is 13.7 Å². The van der Waals surface area contributed by atoms with E-state index in [1.807, 2.05) is 0 Å².